The second-order valence-electron chi connectivity index (χ2n) is 7.33. The highest BCUT2D eigenvalue weighted by Gasteiger charge is 2.35. The lowest BCUT2D eigenvalue weighted by atomic mass is 10.0. The third kappa shape index (κ3) is 3.04. The van der Waals surface area contributed by atoms with Gasteiger partial charge in [-0.15, -0.1) is 0 Å². The maximum Gasteiger partial charge on any atom is 0.254 e. The zero-order valence-corrected chi connectivity index (χ0v) is 16.6. The zero-order chi connectivity index (χ0) is 19.9. The van der Waals surface area contributed by atoms with E-state index in [1.54, 1.807) is 23.1 Å². The fourth-order valence-corrected chi connectivity index (χ4v) is 5.71. The van der Waals surface area contributed by atoms with Crippen molar-refractivity contribution in [2.24, 2.45) is 0 Å². The number of sulfone groups is 1. The second kappa shape index (κ2) is 7.14. The number of amides is 1. The summed E-state index contributed by atoms with van der Waals surface area (Å²) >= 11 is 0. The van der Waals surface area contributed by atoms with Gasteiger partial charge < -0.3 is 9.80 Å². The Morgan fingerprint density at radius 1 is 1.04 bits per heavy atom. The van der Waals surface area contributed by atoms with E-state index in [0.717, 1.165) is 26.1 Å². The molecule has 1 fully saturated rings. The molecule has 2 aromatic rings. The molecule has 1 amide bonds. The molecular formula is C21H23N2O4S+. The predicted octanol–water partition coefficient (Wildman–Crippen LogP) is 0.814. The van der Waals surface area contributed by atoms with Crippen molar-refractivity contribution in [3.05, 3.63) is 59.2 Å². The lowest BCUT2D eigenvalue weighted by Crippen LogP contribution is -3.14. The van der Waals surface area contributed by atoms with Gasteiger partial charge in [-0.05, 0) is 36.8 Å². The number of benzene rings is 2. The maximum absolute atomic E-state index is 13.0. The van der Waals surface area contributed by atoms with E-state index >= 15 is 0 Å². The lowest BCUT2D eigenvalue weighted by Gasteiger charge is -2.32. The van der Waals surface area contributed by atoms with Crippen LogP contribution in [0, 0.1) is 0 Å². The first-order valence-electron chi connectivity index (χ1n) is 9.59. The van der Waals surface area contributed by atoms with Crippen LogP contribution in [0.2, 0.25) is 0 Å². The quantitative estimate of drug-likeness (QED) is 0.707. The topological polar surface area (TPSA) is 76.0 Å². The Morgan fingerprint density at radius 3 is 2.43 bits per heavy atom. The highest BCUT2D eigenvalue weighted by Crippen LogP contribution is 2.34. The fourth-order valence-electron chi connectivity index (χ4n) is 4.03. The molecule has 7 heteroatoms. The fraction of sp³-hybridized carbons (Fsp3) is 0.333. The maximum atomic E-state index is 13.0. The number of piperazine rings is 1. The zero-order valence-electron chi connectivity index (χ0n) is 15.8. The molecule has 0 bridgehead atoms. The highest BCUT2D eigenvalue weighted by molar-refractivity contribution is 7.91. The smallest absolute Gasteiger partial charge is 0.254 e. The highest BCUT2D eigenvalue weighted by atomic mass is 32.2. The van der Waals surface area contributed by atoms with Crippen LogP contribution >= 0.6 is 0 Å². The average molecular weight is 399 g/mol. The number of hydrogen-bond donors (Lipinski definition) is 1. The Morgan fingerprint density at radius 2 is 1.71 bits per heavy atom. The molecule has 1 N–H and O–H groups in total. The van der Waals surface area contributed by atoms with Gasteiger partial charge in [0.25, 0.3) is 5.91 Å². The van der Waals surface area contributed by atoms with E-state index in [0.29, 0.717) is 18.7 Å². The first kappa shape index (κ1) is 18.8. The number of carbonyl (C=O) groups is 2. The van der Waals surface area contributed by atoms with Crippen LogP contribution in [0.15, 0.2) is 52.3 Å². The Kier molecular flexibility index (Phi) is 4.81. The van der Waals surface area contributed by atoms with E-state index in [9.17, 15) is 18.0 Å². The molecule has 0 spiro atoms. The minimum absolute atomic E-state index is 0.00822. The van der Waals surface area contributed by atoms with Gasteiger partial charge in [-0.2, -0.15) is 0 Å². The van der Waals surface area contributed by atoms with Crippen molar-refractivity contribution in [2.75, 3.05) is 32.7 Å². The van der Waals surface area contributed by atoms with Crippen molar-refractivity contribution in [2.45, 2.75) is 23.1 Å². The molecule has 1 saturated heterocycles. The summed E-state index contributed by atoms with van der Waals surface area (Å²) in [7, 11) is -3.83. The SMILES string of the molecule is CCC[NH+]1CCN(C(=O)c2ccc3c(c2)S(=O)(=O)c2ccccc2C3=O)CC1. The number of rotatable bonds is 3. The normalized spacial score (nSPS) is 18.5. The molecule has 2 aromatic carbocycles. The molecule has 6 nitrogen and oxygen atoms in total. The molecule has 0 saturated carbocycles. The Bertz CT molecular complexity index is 1050. The number of nitrogens with zero attached hydrogens (tertiary/aromatic N) is 1. The number of nitrogens with one attached hydrogen (secondary N) is 1. The Hall–Kier alpha value is -2.51. The van der Waals surface area contributed by atoms with Gasteiger partial charge >= 0.3 is 0 Å². The summed E-state index contributed by atoms with van der Waals surface area (Å²) in [4.78, 5) is 28.8. The van der Waals surface area contributed by atoms with Crippen LogP contribution in [-0.4, -0.2) is 57.7 Å². The van der Waals surface area contributed by atoms with E-state index in [1.165, 1.54) is 29.2 Å². The van der Waals surface area contributed by atoms with Crippen molar-refractivity contribution in [3.8, 4) is 0 Å². The summed E-state index contributed by atoms with van der Waals surface area (Å²) in [5, 5.41) is 0. The summed E-state index contributed by atoms with van der Waals surface area (Å²) in [5.74, 6) is -0.504. The van der Waals surface area contributed by atoms with Crippen LogP contribution in [0.1, 0.15) is 39.6 Å². The van der Waals surface area contributed by atoms with Crippen LogP contribution < -0.4 is 4.90 Å². The molecule has 0 aliphatic carbocycles. The predicted molar refractivity (Wildman–Crippen MR) is 104 cm³/mol. The summed E-state index contributed by atoms with van der Waals surface area (Å²) in [6.45, 7) is 6.35. The summed E-state index contributed by atoms with van der Waals surface area (Å²) in [5.41, 5.74) is 0.630. The largest absolute Gasteiger partial charge is 0.332 e. The number of carbonyl (C=O) groups excluding carboxylic acids is 2. The summed E-state index contributed by atoms with van der Waals surface area (Å²) in [6, 6.07) is 10.6. The van der Waals surface area contributed by atoms with Gasteiger partial charge in [0, 0.05) is 16.7 Å². The number of ketones is 1. The van der Waals surface area contributed by atoms with E-state index in [1.807, 2.05) is 0 Å². The van der Waals surface area contributed by atoms with Crippen molar-refractivity contribution in [1.82, 2.24) is 4.90 Å². The van der Waals surface area contributed by atoms with E-state index in [-0.39, 0.29) is 32.6 Å². The van der Waals surface area contributed by atoms with Crippen LogP contribution in [0.25, 0.3) is 0 Å². The molecular weight excluding hydrogens is 376 g/mol. The standard InChI is InChI=1S/C21H22N2O4S/c1-2-9-22-10-12-23(13-11-22)21(25)15-7-8-17-19(14-15)28(26,27)18-6-4-3-5-16(18)20(17)24/h3-8,14H,2,9-13H2,1H3/p+1. The molecule has 0 unspecified atom stereocenters. The average Bonchev–Trinajstić information content (AvgIpc) is 2.72. The first-order chi connectivity index (χ1) is 13.4. The molecule has 4 rings (SSSR count). The van der Waals surface area contributed by atoms with Gasteiger partial charge in [-0.1, -0.05) is 19.1 Å². The minimum atomic E-state index is -3.83. The van der Waals surface area contributed by atoms with Crippen molar-refractivity contribution < 1.29 is 22.9 Å². The first-order valence-corrected chi connectivity index (χ1v) is 11.1. The van der Waals surface area contributed by atoms with Crippen molar-refractivity contribution in [3.63, 3.8) is 0 Å². The van der Waals surface area contributed by atoms with E-state index in [2.05, 4.69) is 6.92 Å². The monoisotopic (exact) mass is 399 g/mol. The third-order valence-corrected chi connectivity index (χ3v) is 7.40. The van der Waals surface area contributed by atoms with Crippen molar-refractivity contribution in [1.29, 1.82) is 0 Å². The van der Waals surface area contributed by atoms with E-state index < -0.39 is 9.84 Å². The van der Waals surface area contributed by atoms with Crippen LogP contribution in [0.4, 0.5) is 0 Å². The van der Waals surface area contributed by atoms with Crippen LogP contribution in [0.3, 0.4) is 0 Å². The minimum Gasteiger partial charge on any atom is -0.332 e. The van der Waals surface area contributed by atoms with Gasteiger partial charge in [-0.25, -0.2) is 8.42 Å². The van der Waals surface area contributed by atoms with Gasteiger partial charge in [-0.3, -0.25) is 9.59 Å². The van der Waals surface area contributed by atoms with Crippen LogP contribution in [0.5, 0.6) is 0 Å². The third-order valence-electron chi connectivity index (χ3n) is 5.55. The van der Waals surface area contributed by atoms with Gasteiger partial charge in [0.05, 0.1) is 42.5 Å². The lowest BCUT2D eigenvalue weighted by molar-refractivity contribution is -0.904. The molecule has 28 heavy (non-hydrogen) atoms. The Balaban J connectivity index is 1.65. The van der Waals surface area contributed by atoms with Gasteiger partial charge in [0.2, 0.25) is 9.84 Å². The number of hydrogen-bond acceptors (Lipinski definition) is 4. The summed E-state index contributed by atoms with van der Waals surface area (Å²) in [6.07, 6.45) is 1.11. The number of fused-ring (bicyclic) bond motifs is 2. The molecule has 2 aliphatic heterocycles. The molecule has 146 valence electrons. The molecule has 0 radical (unpaired) electrons. The van der Waals surface area contributed by atoms with Gasteiger partial charge in [0.1, 0.15) is 0 Å². The summed E-state index contributed by atoms with van der Waals surface area (Å²) < 4.78 is 26.1. The molecule has 0 aromatic heterocycles. The molecule has 0 atom stereocenters. The molecule has 2 aliphatic rings. The molecule has 2 heterocycles. The van der Waals surface area contributed by atoms with E-state index in [4.69, 9.17) is 0 Å². The Labute approximate surface area is 164 Å². The second-order valence-corrected chi connectivity index (χ2v) is 9.22. The van der Waals surface area contributed by atoms with Crippen molar-refractivity contribution >= 4 is 21.5 Å². The number of quaternary nitrogens is 1. The van der Waals surface area contributed by atoms with Gasteiger partial charge in [0.15, 0.2) is 5.78 Å². The van der Waals surface area contributed by atoms with Crippen LogP contribution in [-0.2, 0) is 9.84 Å².